The van der Waals surface area contributed by atoms with E-state index in [1.165, 1.54) is 11.8 Å². The first-order valence-electron chi connectivity index (χ1n) is 6.18. The maximum atomic E-state index is 9.97. The molecular formula is C15H17NO. The third-order valence-corrected chi connectivity index (χ3v) is 3.67. The molecule has 2 N–H and O–H groups in total. The van der Waals surface area contributed by atoms with E-state index in [0.717, 1.165) is 23.4 Å². The van der Waals surface area contributed by atoms with Gasteiger partial charge >= 0.3 is 0 Å². The molecule has 0 bridgehead atoms. The number of fused-ring (bicyclic) bond motifs is 1. The van der Waals surface area contributed by atoms with E-state index in [9.17, 15) is 5.11 Å². The highest BCUT2D eigenvalue weighted by Crippen LogP contribution is 2.31. The molecule has 1 saturated carbocycles. The topological polar surface area (TPSA) is 32.3 Å². The van der Waals surface area contributed by atoms with Crippen molar-refractivity contribution < 1.29 is 5.11 Å². The maximum absolute atomic E-state index is 9.97. The zero-order chi connectivity index (χ0) is 11.8. The van der Waals surface area contributed by atoms with Crippen LogP contribution in [0.4, 0.5) is 0 Å². The molecule has 17 heavy (non-hydrogen) atoms. The number of hydrogen-bond acceptors (Lipinski definition) is 2. The lowest BCUT2D eigenvalue weighted by Crippen LogP contribution is -2.17. The van der Waals surface area contributed by atoms with Gasteiger partial charge in [-0.1, -0.05) is 37.3 Å². The largest absolute Gasteiger partial charge is 0.508 e. The summed E-state index contributed by atoms with van der Waals surface area (Å²) < 4.78 is 0. The predicted molar refractivity (Wildman–Crippen MR) is 70.0 cm³/mol. The van der Waals surface area contributed by atoms with Crippen LogP contribution in [0.1, 0.15) is 18.9 Å². The quantitative estimate of drug-likeness (QED) is 0.844. The summed E-state index contributed by atoms with van der Waals surface area (Å²) in [5, 5.41) is 15.8. The lowest BCUT2D eigenvalue weighted by molar-refractivity contribution is 0.465. The smallest absolute Gasteiger partial charge is 0.120 e. The standard InChI is InChI=1S/C15H17NO/c1-10-8-14(10)16-9-13-12-5-3-2-4-11(12)6-7-15(13)17/h2-7,10,14,16-17H,8-9H2,1H3. The van der Waals surface area contributed by atoms with Crippen molar-refractivity contribution in [2.45, 2.75) is 25.9 Å². The SMILES string of the molecule is CC1CC1NCc1c(O)ccc2ccccc12. The zero-order valence-electron chi connectivity index (χ0n) is 9.98. The van der Waals surface area contributed by atoms with Crippen molar-refractivity contribution in [1.29, 1.82) is 0 Å². The maximum Gasteiger partial charge on any atom is 0.120 e. The van der Waals surface area contributed by atoms with E-state index in [0.29, 0.717) is 11.8 Å². The molecule has 88 valence electrons. The fraction of sp³-hybridized carbons (Fsp3) is 0.333. The summed E-state index contributed by atoms with van der Waals surface area (Å²) in [6.45, 7) is 3.00. The number of hydrogen-bond donors (Lipinski definition) is 2. The van der Waals surface area contributed by atoms with Gasteiger partial charge in [-0.05, 0) is 29.2 Å². The van der Waals surface area contributed by atoms with Crippen LogP contribution in [-0.4, -0.2) is 11.1 Å². The van der Waals surface area contributed by atoms with Crippen LogP contribution in [0.3, 0.4) is 0 Å². The van der Waals surface area contributed by atoms with E-state index in [1.54, 1.807) is 6.07 Å². The minimum absolute atomic E-state index is 0.393. The van der Waals surface area contributed by atoms with Gasteiger partial charge in [-0.2, -0.15) is 0 Å². The summed E-state index contributed by atoms with van der Waals surface area (Å²) in [5.74, 6) is 1.18. The minimum Gasteiger partial charge on any atom is -0.508 e. The van der Waals surface area contributed by atoms with Crippen molar-refractivity contribution in [3.05, 3.63) is 42.0 Å². The molecule has 0 saturated heterocycles. The second-order valence-electron chi connectivity index (χ2n) is 4.98. The molecule has 2 heteroatoms. The Morgan fingerprint density at radius 3 is 2.76 bits per heavy atom. The van der Waals surface area contributed by atoms with Gasteiger partial charge in [0, 0.05) is 18.2 Å². The lowest BCUT2D eigenvalue weighted by Gasteiger charge is -2.10. The summed E-state index contributed by atoms with van der Waals surface area (Å²) >= 11 is 0. The van der Waals surface area contributed by atoms with E-state index in [4.69, 9.17) is 0 Å². The molecule has 1 aliphatic carbocycles. The van der Waals surface area contributed by atoms with Crippen molar-refractivity contribution in [2.75, 3.05) is 0 Å². The molecule has 1 fully saturated rings. The van der Waals surface area contributed by atoms with Crippen molar-refractivity contribution in [1.82, 2.24) is 5.32 Å². The van der Waals surface area contributed by atoms with Gasteiger partial charge in [-0.15, -0.1) is 0 Å². The Kier molecular flexibility index (Phi) is 2.52. The van der Waals surface area contributed by atoms with E-state index in [-0.39, 0.29) is 0 Å². The van der Waals surface area contributed by atoms with Gasteiger partial charge in [0.1, 0.15) is 5.75 Å². The molecule has 0 amide bonds. The Hall–Kier alpha value is -1.54. The van der Waals surface area contributed by atoms with Gasteiger partial charge in [0.15, 0.2) is 0 Å². The van der Waals surface area contributed by atoms with E-state index in [2.05, 4.69) is 24.4 Å². The van der Waals surface area contributed by atoms with E-state index >= 15 is 0 Å². The lowest BCUT2D eigenvalue weighted by atomic mass is 10.0. The fourth-order valence-corrected chi connectivity index (χ4v) is 2.35. The molecule has 0 radical (unpaired) electrons. The van der Waals surface area contributed by atoms with Gasteiger partial charge in [0.25, 0.3) is 0 Å². The predicted octanol–water partition coefficient (Wildman–Crippen LogP) is 3.04. The van der Waals surface area contributed by atoms with Crippen LogP contribution >= 0.6 is 0 Å². The number of benzene rings is 2. The average molecular weight is 227 g/mol. The normalized spacial score (nSPS) is 22.9. The Labute approximate surface area is 101 Å². The van der Waals surface area contributed by atoms with Gasteiger partial charge in [-0.3, -0.25) is 0 Å². The van der Waals surface area contributed by atoms with Gasteiger partial charge in [-0.25, -0.2) is 0 Å². The van der Waals surface area contributed by atoms with Crippen LogP contribution in [-0.2, 0) is 6.54 Å². The van der Waals surface area contributed by atoms with Crippen LogP contribution < -0.4 is 5.32 Å². The highest BCUT2D eigenvalue weighted by atomic mass is 16.3. The molecule has 2 unspecified atom stereocenters. The molecule has 0 aliphatic heterocycles. The molecule has 0 aromatic heterocycles. The molecule has 1 aliphatic rings. The van der Waals surface area contributed by atoms with Gasteiger partial charge in [0.05, 0.1) is 0 Å². The Bertz CT molecular complexity index is 550. The number of phenols is 1. The number of phenolic OH excluding ortho intramolecular Hbond substituents is 1. The highest BCUT2D eigenvalue weighted by Gasteiger charge is 2.31. The Balaban J connectivity index is 1.92. The van der Waals surface area contributed by atoms with Crippen LogP contribution in [0.25, 0.3) is 10.8 Å². The summed E-state index contributed by atoms with van der Waals surface area (Å²) in [6, 6.07) is 12.6. The van der Waals surface area contributed by atoms with Crippen LogP contribution in [0.15, 0.2) is 36.4 Å². The highest BCUT2D eigenvalue weighted by molar-refractivity contribution is 5.87. The zero-order valence-corrected chi connectivity index (χ0v) is 9.98. The van der Waals surface area contributed by atoms with E-state index < -0.39 is 0 Å². The van der Waals surface area contributed by atoms with Crippen molar-refractivity contribution in [3.8, 4) is 5.75 Å². The summed E-state index contributed by atoms with van der Waals surface area (Å²) in [6.07, 6.45) is 1.26. The summed E-state index contributed by atoms with van der Waals surface area (Å²) in [5.41, 5.74) is 1.02. The molecule has 0 heterocycles. The molecule has 0 spiro atoms. The molecule has 2 aromatic carbocycles. The minimum atomic E-state index is 0.393. The van der Waals surface area contributed by atoms with Crippen molar-refractivity contribution in [3.63, 3.8) is 0 Å². The Morgan fingerprint density at radius 2 is 2.00 bits per heavy atom. The first kappa shape index (κ1) is 10.6. The molecule has 2 aromatic rings. The number of rotatable bonds is 3. The van der Waals surface area contributed by atoms with Crippen molar-refractivity contribution in [2.24, 2.45) is 5.92 Å². The number of aromatic hydroxyl groups is 1. The Morgan fingerprint density at radius 1 is 1.24 bits per heavy atom. The second kappa shape index (κ2) is 4.04. The monoisotopic (exact) mass is 227 g/mol. The molecule has 2 atom stereocenters. The van der Waals surface area contributed by atoms with E-state index in [1.807, 2.05) is 18.2 Å². The van der Waals surface area contributed by atoms with Gasteiger partial charge in [0.2, 0.25) is 0 Å². The first-order chi connectivity index (χ1) is 8.25. The third-order valence-electron chi connectivity index (χ3n) is 3.67. The third kappa shape index (κ3) is 2.01. The first-order valence-corrected chi connectivity index (χ1v) is 6.18. The molecule has 2 nitrogen and oxygen atoms in total. The fourth-order valence-electron chi connectivity index (χ4n) is 2.35. The molecular weight excluding hydrogens is 210 g/mol. The average Bonchev–Trinajstić information content (AvgIpc) is 3.04. The molecule has 3 rings (SSSR count). The summed E-state index contributed by atoms with van der Waals surface area (Å²) in [7, 11) is 0. The van der Waals surface area contributed by atoms with Crippen LogP contribution in [0, 0.1) is 5.92 Å². The van der Waals surface area contributed by atoms with Crippen molar-refractivity contribution >= 4 is 10.8 Å². The summed E-state index contributed by atoms with van der Waals surface area (Å²) in [4.78, 5) is 0. The number of nitrogens with one attached hydrogen (secondary N) is 1. The van der Waals surface area contributed by atoms with Crippen LogP contribution in [0.2, 0.25) is 0 Å². The van der Waals surface area contributed by atoms with Crippen LogP contribution in [0.5, 0.6) is 5.75 Å². The second-order valence-corrected chi connectivity index (χ2v) is 4.98. The van der Waals surface area contributed by atoms with Gasteiger partial charge < -0.3 is 10.4 Å².